The quantitative estimate of drug-likeness (QED) is 0.701. The third kappa shape index (κ3) is 5.02. The summed E-state index contributed by atoms with van der Waals surface area (Å²) >= 11 is 0. The summed E-state index contributed by atoms with van der Waals surface area (Å²) in [4.78, 5) is 14.4. The zero-order valence-electron chi connectivity index (χ0n) is 16.5. The number of ether oxygens (including phenoxy) is 2. The van der Waals surface area contributed by atoms with Crippen molar-refractivity contribution in [2.75, 3.05) is 19.8 Å². The van der Waals surface area contributed by atoms with E-state index in [0.29, 0.717) is 49.8 Å². The van der Waals surface area contributed by atoms with Gasteiger partial charge in [0.2, 0.25) is 5.91 Å². The van der Waals surface area contributed by atoms with Crippen molar-refractivity contribution in [3.63, 3.8) is 0 Å². The van der Waals surface area contributed by atoms with Gasteiger partial charge in [0.25, 0.3) is 0 Å². The average Bonchev–Trinajstić information content (AvgIpc) is 2.68. The van der Waals surface area contributed by atoms with Crippen LogP contribution in [0.5, 0.6) is 11.5 Å². The highest BCUT2D eigenvalue weighted by Gasteiger charge is 2.31. The molecule has 1 aliphatic heterocycles. The van der Waals surface area contributed by atoms with Gasteiger partial charge in [-0.3, -0.25) is 4.79 Å². The molecule has 0 spiro atoms. The van der Waals surface area contributed by atoms with Crippen LogP contribution in [0.2, 0.25) is 0 Å². The molecular formula is C22H24F3NO3. The van der Waals surface area contributed by atoms with Crippen LogP contribution in [-0.4, -0.2) is 30.6 Å². The standard InChI is InChI=1S/C22H24F3NO3/c1-3-28-19-12-16-8-9-26(14-17(16)13-20(19)29-4-2)21(27)11-15-6-5-7-18(10-15)22(23,24)25/h5-7,10,12-13H,3-4,8-9,11,14H2,1-2H3. The van der Waals surface area contributed by atoms with Crippen molar-refractivity contribution in [3.05, 3.63) is 58.7 Å². The Bertz CT molecular complexity index is 880. The van der Waals surface area contributed by atoms with Gasteiger partial charge in [0.15, 0.2) is 11.5 Å². The Morgan fingerprint density at radius 2 is 1.69 bits per heavy atom. The molecule has 2 aromatic rings. The van der Waals surface area contributed by atoms with Crippen LogP contribution in [-0.2, 0) is 30.4 Å². The van der Waals surface area contributed by atoms with Gasteiger partial charge in [0.05, 0.1) is 25.2 Å². The molecule has 1 amide bonds. The molecule has 2 aromatic carbocycles. The van der Waals surface area contributed by atoms with E-state index in [9.17, 15) is 18.0 Å². The van der Waals surface area contributed by atoms with E-state index in [1.807, 2.05) is 26.0 Å². The molecule has 1 aliphatic rings. The van der Waals surface area contributed by atoms with Crippen molar-refractivity contribution in [2.45, 2.75) is 39.4 Å². The predicted octanol–water partition coefficient (Wildman–Crippen LogP) is 4.63. The fourth-order valence-electron chi connectivity index (χ4n) is 3.46. The van der Waals surface area contributed by atoms with Gasteiger partial charge in [-0.05, 0) is 55.2 Å². The minimum absolute atomic E-state index is 0.0609. The Balaban J connectivity index is 1.75. The molecule has 156 valence electrons. The predicted molar refractivity (Wildman–Crippen MR) is 103 cm³/mol. The number of carbonyl (C=O) groups is 1. The molecule has 0 N–H and O–H groups in total. The maximum Gasteiger partial charge on any atom is 0.416 e. The Morgan fingerprint density at radius 1 is 1.03 bits per heavy atom. The van der Waals surface area contributed by atoms with Crippen molar-refractivity contribution in [1.82, 2.24) is 4.90 Å². The molecule has 0 radical (unpaired) electrons. The minimum atomic E-state index is -4.42. The van der Waals surface area contributed by atoms with Crippen LogP contribution in [0, 0.1) is 0 Å². The summed E-state index contributed by atoms with van der Waals surface area (Å²) in [6.07, 6.45) is -3.82. The van der Waals surface area contributed by atoms with Gasteiger partial charge in [-0.2, -0.15) is 13.2 Å². The van der Waals surface area contributed by atoms with E-state index in [2.05, 4.69) is 0 Å². The monoisotopic (exact) mass is 407 g/mol. The Labute approximate surface area is 168 Å². The maximum atomic E-state index is 12.9. The van der Waals surface area contributed by atoms with E-state index in [0.717, 1.165) is 23.3 Å². The lowest BCUT2D eigenvalue weighted by Crippen LogP contribution is -2.37. The number of benzene rings is 2. The number of nitrogens with zero attached hydrogens (tertiary/aromatic N) is 1. The van der Waals surface area contributed by atoms with Crippen molar-refractivity contribution in [1.29, 1.82) is 0 Å². The van der Waals surface area contributed by atoms with Crippen molar-refractivity contribution >= 4 is 5.91 Å². The number of alkyl halides is 3. The first-order valence-electron chi connectivity index (χ1n) is 9.67. The molecule has 1 heterocycles. The molecular weight excluding hydrogens is 383 g/mol. The zero-order chi connectivity index (χ0) is 21.0. The first kappa shape index (κ1) is 21.0. The van der Waals surface area contributed by atoms with Crippen molar-refractivity contribution in [2.24, 2.45) is 0 Å². The molecule has 0 atom stereocenters. The SMILES string of the molecule is CCOc1cc2c(cc1OCC)CN(C(=O)Cc1cccc(C(F)(F)F)c1)CC2. The van der Waals surface area contributed by atoms with Crippen LogP contribution in [0.25, 0.3) is 0 Å². The molecule has 3 rings (SSSR count). The summed E-state index contributed by atoms with van der Waals surface area (Å²) in [6.45, 7) is 5.74. The van der Waals surface area contributed by atoms with Gasteiger partial charge in [-0.1, -0.05) is 18.2 Å². The average molecular weight is 407 g/mol. The van der Waals surface area contributed by atoms with Gasteiger partial charge in [-0.25, -0.2) is 0 Å². The van der Waals surface area contributed by atoms with Gasteiger partial charge >= 0.3 is 6.18 Å². The number of hydrogen-bond donors (Lipinski definition) is 0. The Morgan fingerprint density at radius 3 is 2.31 bits per heavy atom. The third-order valence-corrected chi connectivity index (χ3v) is 4.84. The molecule has 0 bridgehead atoms. The van der Waals surface area contributed by atoms with E-state index >= 15 is 0 Å². The molecule has 0 unspecified atom stereocenters. The van der Waals surface area contributed by atoms with Crippen LogP contribution in [0.4, 0.5) is 13.2 Å². The number of hydrogen-bond acceptors (Lipinski definition) is 3. The minimum Gasteiger partial charge on any atom is -0.490 e. The summed E-state index contributed by atoms with van der Waals surface area (Å²) in [5.41, 5.74) is 1.69. The lowest BCUT2D eigenvalue weighted by Gasteiger charge is -2.30. The van der Waals surface area contributed by atoms with Crippen LogP contribution >= 0.6 is 0 Å². The number of amides is 1. The Hall–Kier alpha value is -2.70. The Kier molecular flexibility index (Phi) is 6.35. The topological polar surface area (TPSA) is 38.8 Å². The molecule has 7 heteroatoms. The third-order valence-electron chi connectivity index (χ3n) is 4.84. The molecule has 0 aromatic heterocycles. The second-order valence-electron chi connectivity index (χ2n) is 6.87. The number of rotatable bonds is 6. The lowest BCUT2D eigenvalue weighted by atomic mass is 9.98. The fourth-order valence-corrected chi connectivity index (χ4v) is 3.46. The highest BCUT2D eigenvalue weighted by Crippen LogP contribution is 2.34. The zero-order valence-corrected chi connectivity index (χ0v) is 16.5. The van der Waals surface area contributed by atoms with Gasteiger partial charge in [0.1, 0.15) is 0 Å². The second-order valence-corrected chi connectivity index (χ2v) is 6.87. The largest absolute Gasteiger partial charge is 0.490 e. The van der Waals surface area contributed by atoms with Gasteiger partial charge in [-0.15, -0.1) is 0 Å². The molecule has 29 heavy (non-hydrogen) atoms. The summed E-state index contributed by atoms with van der Waals surface area (Å²) in [6, 6.07) is 8.78. The highest BCUT2D eigenvalue weighted by atomic mass is 19.4. The van der Waals surface area contributed by atoms with E-state index < -0.39 is 11.7 Å². The summed E-state index contributed by atoms with van der Waals surface area (Å²) in [5.74, 6) is 1.14. The van der Waals surface area contributed by atoms with Crippen LogP contribution in [0.1, 0.15) is 36.1 Å². The second kappa shape index (κ2) is 8.76. The first-order chi connectivity index (χ1) is 13.8. The van der Waals surface area contributed by atoms with E-state index in [1.54, 1.807) is 11.0 Å². The van der Waals surface area contributed by atoms with E-state index in [4.69, 9.17) is 9.47 Å². The highest BCUT2D eigenvalue weighted by molar-refractivity contribution is 5.79. The summed E-state index contributed by atoms with van der Waals surface area (Å²) < 4.78 is 50.0. The maximum absolute atomic E-state index is 12.9. The van der Waals surface area contributed by atoms with Gasteiger partial charge in [0, 0.05) is 13.1 Å². The van der Waals surface area contributed by atoms with Crippen LogP contribution < -0.4 is 9.47 Å². The van der Waals surface area contributed by atoms with E-state index in [-0.39, 0.29) is 12.3 Å². The van der Waals surface area contributed by atoms with Crippen LogP contribution in [0.3, 0.4) is 0 Å². The molecule has 0 saturated carbocycles. The normalized spacial score (nSPS) is 13.8. The molecule has 0 saturated heterocycles. The number of fused-ring (bicyclic) bond motifs is 1. The smallest absolute Gasteiger partial charge is 0.416 e. The first-order valence-corrected chi connectivity index (χ1v) is 9.67. The summed E-state index contributed by atoms with van der Waals surface area (Å²) in [5, 5.41) is 0. The fraction of sp³-hybridized carbons (Fsp3) is 0.409. The number of carbonyl (C=O) groups excluding carboxylic acids is 1. The van der Waals surface area contributed by atoms with Gasteiger partial charge < -0.3 is 14.4 Å². The van der Waals surface area contributed by atoms with Crippen molar-refractivity contribution < 1.29 is 27.4 Å². The molecule has 0 fully saturated rings. The lowest BCUT2D eigenvalue weighted by molar-refractivity contribution is -0.138. The molecule has 4 nitrogen and oxygen atoms in total. The summed E-state index contributed by atoms with van der Waals surface area (Å²) in [7, 11) is 0. The van der Waals surface area contributed by atoms with E-state index in [1.165, 1.54) is 6.07 Å². The molecule has 0 aliphatic carbocycles. The van der Waals surface area contributed by atoms with Crippen LogP contribution in [0.15, 0.2) is 36.4 Å². The van der Waals surface area contributed by atoms with Crippen molar-refractivity contribution in [3.8, 4) is 11.5 Å². The number of halogens is 3.